The molecule has 0 spiro atoms. The van der Waals surface area contributed by atoms with Gasteiger partial charge in [-0.15, -0.1) is 0 Å². The summed E-state index contributed by atoms with van der Waals surface area (Å²) >= 11 is 3.50. The van der Waals surface area contributed by atoms with Crippen LogP contribution in [0.5, 0.6) is 0 Å². The molecule has 0 saturated heterocycles. The molecule has 0 aliphatic carbocycles. The first-order valence-corrected chi connectivity index (χ1v) is 8.35. The Morgan fingerprint density at radius 1 is 1.13 bits per heavy atom. The van der Waals surface area contributed by atoms with E-state index < -0.39 is 0 Å². The maximum atomic E-state index is 12.8. The number of carbonyl (C=O) groups is 1. The normalized spacial score (nSPS) is 10.4. The van der Waals surface area contributed by atoms with E-state index in [2.05, 4.69) is 26.6 Å². The van der Waals surface area contributed by atoms with Gasteiger partial charge < -0.3 is 10.6 Å². The number of anilines is 1. The van der Waals surface area contributed by atoms with Crippen LogP contribution in [0.4, 0.5) is 10.1 Å². The number of aryl methyl sites for hydroxylation is 1. The Balaban J connectivity index is 1.66. The van der Waals surface area contributed by atoms with Gasteiger partial charge in [-0.25, -0.2) is 4.39 Å². The minimum absolute atomic E-state index is 0.00264. The molecule has 3 nitrogen and oxygen atoms in total. The smallest absolute Gasteiger partial charge is 0.221 e. The van der Waals surface area contributed by atoms with Crippen LogP contribution < -0.4 is 10.6 Å². The summed E-state index contributed by atoms with van der Waals surface area (Å²) in [6.07, 6.45) is 1.10. The molecule has 5 heteroatoms. The second-order valence-corrected chi connectivity index (χ2v) is 6.24. The average Bonchev–Trinajstić information content (AvgIpc) is 2.51. The predicted molar refractivity (Wildman–Crippen MR) is 95.1 cm³/mol. The first kappa shape index (κ1) is 17.5. The van der Waals surface area contributed by atoms with Crippen LogP contribution in [0.3, 0.4) is 0 Å². The van der Waals surface area contributed by atoms with Crippen molar-refractivity contribution in [3.05, 3.63) is 63.9 Å². The standard InChI is InChI=1S/C18H20BrFN2O/c1-13-2-7-17(16(19)12-13)21-11-9-18(23)22-10-8-14-3-5-15(20)6-4-14/h2-7,12,21H,8-11H2,1H3,(H,22,23). The first-order valence-electron chi connectivity index (χ1n) is 7.56. The van der Waals surface area contributed by atoms with Crippen LogP contribution in [-0.4, -0.2) is 19.0 Å². The highest BCUT2D eigenvalue weighted by atomic mass is 79.9. The topological polar surface area (TPSA) is 41.1 Å². The summed E-state index contributed by atoms with van der Waals surface area (Å²) in [4.78, 5) is 11.8. The monoisotopic (exact) mass is 378 g/mol. The van der Waals surface area contributed by atoms with Crippen molar-refractivity contribution in [2.75, 3.05) is 18.4 Å². The van der Waals surface area contributed by atoms with Crippen LogP contribution in [0.1, 0.15) is 17.5 Å². The Morgan fingerprint density at radius 3 is 2.57 bits per heavy atom. The van der Waals surface area contributed by atoms with E-state index in [0.29, 0.717) is 25.9 Å². The molecule has 0 unspecified atom stereocenters. The third-order valence-corrected chi connectivity index (χ3v) is 4.10. The van der Waals surface area contributed by atoms with Crippen molar-refractivity contribution in [1.29, 1.82) is 0 Å². The lowest BCUT2D eigenvalue weighted by atomic mass is 10.1. The van der Waals surface area contributed by atoms with Crippen LogP contribution in [0.2, 0.25) is 0 Å². The molecule has 1 amide bonds. The van der Waals surface area contributed by atoms with Gasteiger partial charge in [0, 0.05) is 29.7 Å². The van der Waals surface area contributed by atoms with Crippen LogP contribution in [-0.2, 0) is 11.2 Å². The third kappa shape index (κ3) is 6.02. The number of benzene rings is 2. The highest BCUT2D eigenvalue weighted by molar-refractivity contribution is 9.10. The fourth-order valence-corrected chi connectivity index (χ4v) is 2.79. The van der Waals surface area contributed by atoms with E-state index in [-0.39, 0.29) is 11.7 Å². The van der Waals surface area contributed by atoms with Crippen molar-refractivity contribution in [3.63, 3.8) is 0 Å². The van der Waals surface area contributed by atoms with E-state index in [4.69, 9.17) is 0 Å². The number of hydrogen-bond acceptors (Lipinski definition) is 2. The number of nitrogens with one attached hydrogen (secondary N) is 2. The van der Waals surface area contributed by atoms with Gasteiger partial charge in [0.2, 0.25) is 5.91 Å². The molecule has 2 rings (SSSR count). The molecule has 2 aromatic rings. The van der Waals surface area contributed by atoms with E-state index in [1.54, 1.807) is 12.1 Å². The summed E-state index contributed by atoms with van der Waals surface area (Å²) < 4.78 is 13.8. The summed E-state index contributed by atoms with van der Waals surface area (Å²) in [6, 6.07) is 12.4. The summed E-state index contributed by atoms with van der Waals surface area (Å²) in [5.74, 6) is -0.242. The van der Waals surface area contributed by atoms with Crippen molar-refractivity contribution in [1.82, 2.24) is 5.32 Å². The predicted octanol–water partition coefficient (Wildman–Crippen LogP) is 4.06. The Labute approximate surface area is 144 Å². The van der Waals surface area contributed by atoms with E-state index in [1.807, 2.05) is 25.1 Å². The molecule has 2 aromatic carbocycles. The number of hydrogen-bond donors (Lipinski definition) is 2. The zero-order chi connectivity index (χ0) is 16.7. The Kier molecular flexibility index (Phi) is 6.59. The van der Waals surface area contributed by atoms with Gasteiger partial charge in [0.25, 0.3) is 0 Å². The molecular formula is C18H20BrFN2O. The molecule has 0 saturated carbocycles. The minimum Gasteiger partial charge on any atom is -0.384 e. The molecule has 0 bridgehead atoms. The Bertz CT molecular complexity index is 659. The van der Waals surface area contributed by atoms with Gasteiger partial charge >= 0.3 is 0 Å². The number of carbonyl (C=O) groups excluding carboxylic acids is 1. The lowest BCUT2D eigenvalue weighted by Gasteiger charge is -2.09. The number of amides is 1. The molecule has 122 valence electrons. The van der Waals surface area contributed by atoms with Crippen molar-refractivity contribution in [2.45, 2.75) is 19.8 Å². The molecule has 23 heavy (non-hydrogen) atoms. The molecule has 0 fully saturated rings. The Hall–Kier alpha value is -1.88. The fraction of sp³-hybridized carbons (Fsp3) is 0.278. The van der Waals surface area contributed by atoms with E-state index in [9.17, 15) is 9.18 Å². The third-order valence-electron chi connectivity index (χ3n) is 3.44. The maximum absolute atomic E-state index is 12.8. The zero-order valence-corrected chi connectivity index (χ0v) is 14.6. The minimum atomic E-state index is -0.244. The zero-order valence-electron chi connectivity index (χ0n) is 13.0. The van der Waals surface area contributed by atoms with Gasteiger partial charge in [-0.3, -0.25) is 4.79 Å². The van der Waals surface area contributed by atoms with Crippen LogP contribution in [0, 0.1) is 12.7 Å². The highest BCUT2D eigenvalue weighted by Crippen LogP contribution is 2.23. The van der Waals surface area contributed by atoms with Crippen molar-refractivity contribution in [3.8, 4) is 0 Å². The fourth-order valence-electron chi connectivity index (χ4n) is 2.16. The number of halogens is 2. The molecule has 0 aliphatic rings. The van der Waals surface area contributed by atoms with Gasteiger partial charge in [0.1, 0.15) is 5.82 Å². The molecule has 0 aromatic heterocycles. The van der Waals surface area contributed by atoms with Crippen LogP contribution in [0.25, 0.3) is 0 Å². The molecular weight excluding hydrogens is 359 g/mol. The van der Waals surface area contributed by atoms with Gasteiger partial charge in [-0.1, -0.05) is 18.2 Å². The van der Waals surface area contributed by atoms with E-state index >= 15 is 0 Å². The summed E-state index contributed by atoms with van der Waals surface area (Å²) in [6.45, 7) is 3.16. The Morgan fingerprint density at radius 2 is 1.87 bits per heavy atom. The maximum Gasteiger partial charge on any atom is 0.221 e. The summed E-state index contributed by atoms with van der Waals surface area (Å²) in [5, 5.41) is 6.11. The van der Waals surface area contributed by atoms with Gasteiger partial charge in [-0.2, -0.15) is 0 Å². The highest BCUT2D eigenvalue weighted by Gasteiger charge is 2.03. The second-order valence-electron chi connectivity index (χ2n) is 5.39. The molecule has 0 aliphatic heterocycles. The van der Waals surface area contributed by atoms with Gasteiger partial charge in [0.15, 0.2) is 0 Å². The molecule has 2 N–H and O–H groups in total. The first-order chi connectivity index (χ1) is 11.0. The van der Waals surface area contributed by atoms with Crippen molar-refractivity contribution in [2.24, 2.45) is 0 Å². The molecule has 0 radical (unpaired) electrons. The van der Waals surface area contributed by atoms with Gasteiger partial charge in [0.05, 0.1) is 0 Å². The summed E-state index contributed by atoms with van der Waals surface area (Å²) in [5.41, 5.74) is 3.17. The van der Waals surface area contributed by atoms with Crippen LogP contribution >= 0.6 is 15.9 Å². The molecule has 0 atom stereocenters. The van der Waals surface area contributed by atoms with Crippen molar-refractivity contribution >= 4 is 27.5 Å². The SMILES string of the molecule is Cc1ccc(NCCC(=O)NCCc2ccc(F)cc2)c(Br)c1. The molecule has 0 heterocycles. The largest absolute Gasteiger partial charge is 0.384 e. The van der Waals surface area contributed by atoms with Crippen molar-refractivity contribution < 1.29 is 9.18 Å². The van der Waals surface area contributed by atoms with Crippen LogP contribution in [0.15, 0.2) is 46.9 Å². The van der Waals surface area contributed by atoms with E-state index in [0.717, 1.165) is 15.7 Å². The van der Waals surface area contributed by atoms with Gasteiger partial charge in [-0.05, 0) is 64.7 Å². The number of rotatable bonds is 7. The lowest BCUT2D eigenvalue weighted by Crippen LogP contribution is -2.27. The average molecular weight is 379 g/mol. The second kappa shape index (κ2) is 8.67. The lowest BCUT2D eigenvalue weighted by molar-refractivity contribution is -0.120. The summed E-state index contributed by atoms with van der Waals surface area (Å²) in [7, 11) is 0. The quantitative estimate of drug-likeness (QED) is 0.762. The van der Waals surface area contributed by atoms with E-state index in [1.165, 1.54) is 17.7 Å².